The fraction of sp³-hybridized carbons (Fsp3) is 0.0769. The van der Waals surface area contributed by atoms with E-state index in [1.165, 1.54) is 0 Å². The van der Waals surface area contributed by atoms with Crippen molar-refractivity contribution in [3.05, 3.63) is 63.6 Å². The van der Waals surface area contributed by atoms with E-state index in [1.54, 1.807) is 42.5 Å². The first-order valence-corrected chi connectivity index (χ1v) is 8.13. The van der Waals surface area contributed by atoms with Crippen LogP contribution in [0.3, 0.4) is 0 Å². The minimum atomic E-state index is -3.52. The van der Waals surface area contributed by atoms with Crippen LogP contribution in [0, 0.1) is 0 Å². The molecule has 2 aromatic rings. The Kier molecular flexibility index (Phi) is 4.62. The fourth-order valence-corrected chi connectivity index (χ4v) is 2.99. The summed E-state index contributed by atoms with van der Waals surface area (Å²) in [6, 6.07) is 13.6. The lowest BCUT2D eigenvalue weighted by Crippen LogP contribution is -2.23. The summed E-state index contributed by atoms with van der Waals surface area (Å²) < 4.78 is 27.5. The maximum Gasteiger partial charge on any atom is 0.240 e. The van der Waals surface area contributed by atoms with Gasteiger partial charge in [-0.25, -0.2) is 13.1 Å². The molecule has 0 amide bonds. The molecule has 0 saturated carbocycles. The van der Waals surface area contributed by atoms with Crippen molar-refractivity contribution < 1.29 is 8.42 Å². The molecule has 0 fully saturated rings. The summed E-state index contributed by atoms with van der Waals surface area (Å²) >= 11 is 9.24. The molecule has 2 rings (SSSR count). The Labute approximate surface area is 125 Å². The Morgan fingerprint density at radius 3 is 2.32 bits per heavy atom. The van der Waals surface area contributed by atoms with Gasteiger partial charge in [0.05, 0.1) is 4.90 Å². The van der Waals surface area contributed by atoms with Crippen molar-refractivity contribution >= 4 is 37.6 Å². The van der Waals surface area contributed by atoms with Crippen LogP contribution in [0.2, 0.25) is 5.02 Å². The van der Waals surface area contributed by atoms with Gasteiger partial charge in [-0.3, -0.25) is 0 Å². The van der Waals surface area contributed by atoms with E-state index in [-0.39, 0.29) is 11.4 Å². The quantitative estimate of drug-likeness (QED) is 0.906. The molecule has 0 aromatic heterocycles. The summed E-state index contributed by atoms with van der Waals surface area (Å²) in [5.41, 5.74) is 0.741. The lowest BCUT2D eigenvalue weighted by molar-refractivity contribution is 0.581. The Hall–Kier alpha value is -0.880. The van der Waals surface area contributed by atoms with Gasteiger partial charge in [0.1, 0.15) is 0 Å². The molecule has 0 saturated heterocycles. The van der Waals surface area contributed by atoms with Gasteiger partial charge in [-0.15, -0.1) is 0 Å². The van der Waals surface area contributed by atoms with Crippen LogP contribution in [0.4, 0.5) is 0 Å². The predicted octanol–water partition coefficient (Wildman–Crippen LogP) is 3.58. The van der Waals surface area contributed by atoms with Gasteiger partial charge in [0, 0.05) is 16.0 Å². The summed E-state index contributed by atoms with van der Waals surface area (Å²) in [5.74, 6) is 0. The second kappa shape index (κ2) is 6.05. The van der Waals surface area contributed by atoms with Crippen molar-refractivity contribution in [2.45, 2.75) is 11.4 Å². The molecule has 0 heterocycles. The van der Waals surface area contributed by atoms with Gasteiger partial charge >= 0.3 is 0 Å². The number of rotatable bonds is 4. The largest absolute Gasteiger partial charge is 0.240 e. The number of nitrogens with one attached hydrogen (secondary N) is 1. The maximum absolute atomic E-state index is 12.1. The summed E-state index contributed by atoms with van der Waals surface area (Å²) in [7, 11) is -3.52. The molecule has 19 heavy (non-hydrogen) atoms. The average molecular weight is 361 g/mol. The van der Waals surface area contributed by atoms with E-state index in [0.29, 0.717) is 5.02 Å². The van der Waals surface area contributed by atoms with Crippen molar-refractivity contribution in [2.75, 3.05) is 0 Å². The molecule has 0 bridgehead atoms. The molecular formula is C13H11BrClNO2S. The summed E-state index contributed by atoms with van der Waals surface area (Å²) in [5, 5.41) is 0.543. The standard InChI is InChI=1S/C13H11BrClNO2S/c14-11-5-7-12(8-6-11)19(17,18)16-9-10-3-1-2-4-13(10)15/h1-8,16H,9H2. The lowest BCUT2D eigenvalue weighted by atomic mass is 10.2. The third-order valence-electron chi connectivity index (χ3n) is 2.53. The SMILES string of the molecule is O=S(=O)(NCc1ccccc1Cl)c1ccc(Br)cc1. The highest BCUT2D eigenvalue weighted by molar-refractivity contribution is 9.10. The third-order valence-corrected chi connectivity index (χ3v) is 4.85. The van der Waals surface area contributed by atoms with Crippen LogP contribution in [-0.4, -0.2) is 8.42 Å². The molecule has 0 spiro atoms. The van der Waals surface area contributed by atoms with E-state index in [2.05, 4.69) is 20.7 Å². The Balaban J connectivity index is 2.14. The van der Waals surface area contributed by atoms with Crippen LogP contribution >= 0.6 is 27.5 Å². The van der Waals surface area contributed by atoms with Gasteiger partial charge in [-0.1, -0.05) is 45.7 Å². The van der Waals surface area contributed by atoms with Crippen LogP contribution in [0.5, 0.6) is 0 Å². The van der Waals surface area contributed by atoms with Gasteiger partial charge in [0.15, 0.2) is 0 Å². The number of hydrogen-bond acceptors (Lipinski definition) is 2. The molecule has 0 unspecified atom stereocenters. The summed E-state index contributed by atoms with van der Waals surface area (Å²) in [6.07, 6.45) is 0. The number of halogens is 2. The zero-order chi connectivity index (χ0) is 13.9. The monoisotopic (exact) mass is 359 g/mol. The highest BCUT2D eigenvalue weighted by atomic mass is 79.9. The Bertz CT molecular complexity index is 671. The van der Waals surface area contributed by atoms with E-state index in [4.69, 9.17) is 11.6 Å². The topological polar surface area (TPSA) is 46.2 Å². The number of sulfonamides is 1. The predicted molar refractivity (Wildman–Crippen MR) is 79.6 cm³/mol. The first-order chi connectivity index (χ1) is 8.99. The Morgan fingerprint density at radius 2 is 1.68 bits per heavy atom. The Morgan fingerprint density at radius 1 is 1.05 bits per heavy atom. The van der Waals surface area contributed by atoms with Crippen LogP contribution in [0.25, 0.3) is 0 Å². The van der Waals surface area contributed by atoms with E-state index in [1.807, 2.05) is 6.07 Å². The van der Waals surface area contributed by atoms with Gasteiger partial charge in [-0.2, -0.15) is 0 Å². The molecule has 100 valence electrons. The van der Waals surface area contributed by atoms with Crippen LogP contribution in [0.15, 0.2) is 57.9 Å². The first kappa shape index (κ1) is 14.5. The van der Waals surface area contributed by atoms with Gasteiger partial charge < -0.3 is 0 Å². The van der Waals surface area contributed by atoms with Crippen molar-refractivity contribution in [3.63, 3.8) is 0 Å². The first-order valence-electron chi connectivity index (χ1n) is 5.48. The second-order valence-electron chi connectivity index (χ2n) is 3.87. The molecule has 0 radical (unpaired) electrons. The van der Waals surface area contributed by atoms with E-state index in [0.717, 1.165) is 10.0 Å². The van der Waals surface area contributed by atoms with Crippen molar-refractivity contribution in [1.29, 1.82) is 0 Å². The van der Waals surface area contributed by atoms with Crippen molar-refractivity contribution in [1.82, 2.24) is 4.72 Å². The summed E-state index contributed by atoms with van der Waals surface area (Å²) in [6.45, 7) is 0.165. The lowest BCUT2D eigenvalue weighted by Gasteiger charge is -2.08. The normalized spacial score (nSPS) is 11.5. The minimum Gasteiger partial charge on any atom is -0.207 e. The van der Waals surface area contributed by atoms with Crippen LogP contribution in [-0.2, 0) is 16.6 Å². The third kappa shape index (κ3) is 3.79. The molecule has 0 aliphatic heterocycles. The molecule has 0 atom stereocenters. The van der Waals surface area contributed by atoms with E-state index < -0.39 is 10.0 Å². The minimum absolute atomic E-state index is 0.165. The average Bonchev–Trinajstić information content (AvgIpc) is 2.38. The van der Waals surface area contributed by atoms with E-state index in [9.17, 15) is 8.42 Å². The van der Waals surface area contributed by atoms with Crippen LogP contribution < -0.4 is 4.72 Å². The van der Waals surface area contributed by atoms with Crippen molar-refractivity contribution in [2.24, 2.45) is 0 Å². The number of hydrogen-bond donors (Lipinski definition) is 1. The maximum atomic E-state index is 12.1. The smallest absolute Gasteiger partial charge is 0.207 e. The molecule has 0 aliphatic rings. The van der Waals surface area contributed by atoms with Crippen molar-refractivity contribution in [3.8, 4) is 0 Å². The molecule has 1 N–H and O–H groups in total. The molecular weight excluding hydrogens is 350 g/mol. The number of benzene rings is 2. The van der Waals surface area contributed by atoms with Gasteiger partial charge in [0.25, 0.3) is 0 Å². The highest BCUT2D eigenvalue weighted by Gasteiger charge is 2.13. The molecule has 6 heteroatoms. The zero-order valence-corrected chi connectivity index (χ0v) is 13.0. The highest BCUT2D eigenvalue weighted by Crippen LogP contribution is 2.17. The molecule has 2 aromatic carbocycles. The van der Waals surface area contributed by atoms with Crippen LogP contribution in [0.1, 0.15) is 5.56 Å². The zero-order valence-electron chi connectivity index (χ0n) is 9.81. The molecule has 3 nitrogen and oxygen atoms in total. The van der Waals surface area contributed by atoms with E-state index >= 15 is 0 Å². The molecule has 0 aliphatic carbocycles. The fourth-order valence-electron chi connectivity index (χ4n) is 1.51. The second-order valence-corrected chi connectivity index (χ2v) is 6.96. The summed E-state index contributed by atoms with van der Waals surface area (Å²) in [4.78, 5) is 0.225. The van der Waals surface area contributed by atoms with Gasteiger partial charge in [0.2, 0.25) is 10.0 Å². The van der Waals surface area contributed by atoms with Gasteiger partial charge in [-0.05, 0) is 35.9 Å².